The topological polar surface area (TPSA) is 153 Å². The van der Waals surface area contributed by atoms with Crippen molar-refractivity contribution in [2.24, 2.45) is 10.2 Å². The van der Waals surface area contributed by atoms with Gasteiger partial charge in [0.1, 0.15) is 16.6 Å². The van der Waals surface area contributed by atoms with Crippen molar-refractivity contribution in [2.75, 3.05) is 14.2 Å². The van der Waals surface area contributed by atoms with Crippen molar-refractivity contribution in [1.82, 2.24) is 5.32 Å². The number of carboxylic acids is 1. The maximum atomic E-state index is 11.6. The van der Waals surface area contributed by atoms with Crippen LogP contribution in [0.3, 0.4) is 0 Å². The van der Waals surface area contributed by atoms with Gasteiger partial charge in [0.2, 0.25) is 5.91 Å². The molecule has 2 N–H and O–H groups in total. The fraction of sp³-hybridized carbons (Fsp3) is 0.286. The minimum absolute atomic E-state index is 0.0231. The quantitative estimate of drug-likeness (QED) is 0.402. The number of benzene rings is 1. The number of carbonyl (C=O) groups excluding carboxylic acids is 1. The van der Waals surface area contributed by atoms with Crippen LogP contribution in [0.15, 0.2) is 22.3 Å². The molecule has 12 heteroatoms. The number of hydrogen-bond donors (Lipinski definition) is 2. The molecule has 26 heavy (non-hydrogen) atoms. The Hall–Kier alpha value is -3.15. The van der Waals surface area contributed by atoms with Gasteiger partial charge in [-0.05, 0) is 12.1 Å². The number of nitrogens with zero attached hydrogens (tertiary/aromatic N) is 3. The van der Waals surface area contributed by atoms with E-state index in [-0.39, 0.29) is 34.3 Å². The van der Waals surface area contributed by atoms with Crippen molar-refractivity contribution < 1.29 is 29.1 Å². The minimum atomic E-state index is -1.11. The number of aliphatic carboxylic acids is 1. The average molecular weight is 382 g/mol. The maximum absolute atomic E-state index is 11.6. The number of amidine groups is 1. The zero-order valence-electron chi connectivity index (χ0n) is 13.7. The molecule has 0 spiro atoms. The van der Waals surface area contributed by atoms with Crippen LogP contribution in [0.25, 0.3) is 0 Å². The standard InChI is InChI=1S/C14H14N4O7S/c1-24-8-3-4-9(25-2)12(18(22)23)7(8)6-15-17-14-16-13(21)10(26-14)5-11(19)20/h3-4,6,10H,5H2,1-2H3,(H,19,20)(H,16,17,21). The third-order valence-corrected chi connectivity index (χ3v) is 4.31. The van der Waals surface area contributed by atoms with Crippen LogP contribution in [-0.4, -0.2) is 52.8 Å². The smallest absolute Gasteiger partial charge is 0.323 e. The van der Waals surface area contributed by atoms with Gasteiger partial charge < -0.3 is 19.9 Å². The van der Waals surface area contributed by atoms with Crippen LogP contribution >= 0.6 is 11.8 Å². The Bertz CT molecular complexity index is 809. The monoisotopic (exact) mass is 382 g/mol. The van der Waals surface area contributed by atoms with E-state index < -0.39 is 22.0 Å². The SMILES string of the molecule is COc1ccc(OC)c([N+](=O)[O-])c1C=NN=C1NC(=O)C(CC(=O)O)S1. The highest BCUT2D eigenvalue weighted by molar-refractivity contribution is 8.15. The molecule has 1 unspecified atom stereocenters. The van der Waals surface area contributed by atoms with Crippen molar-refractivity contribution in [3.8, 4) is 11.5 Å². The van der Waals surface area contributed by atoms with E-state index >= 15 is 0 Å². The molecule has 1 aliphatic rings. The number of ether oxygens (including phenoxy) is 2. The highest BCUT2D eigenvalue weighted by Gasteiger charge is 2.32. The number of amides is 1. The molecule has 0 bridgehead atoms. The van der Waals surface area contributed by atoms with Gasteiger partial charge in [0.05, 0.1) is 31.8 Å². The van der Waals surface area contributed by atoms with E-state index in [4.69, 9.17) is 14.6 Å². The number of rotatable bonds is 7. The molecular formula is C14H14N4O7S. The minimum Gasteiger partial charge on any atom is -0.496 e. The number of carbonyl (C=O) groups is 2. The molecule has 1 amide bonds. The molecule has 0 radical (unpaired) electrons. The average Bonchev–Trinajstić information content (AvgIpc) is 2.92. The van der Waals surface area contributed by atoms with Gasteiger partial charge in [-0.25, -0.2) is 0 Å². The number of methoxy groups -OCH3 is 2. The molecule has 2 rings (SSSR count). The van der Waals surface area contributed by atoms with Crippen LogP contribution in [0.5, 0.6) is 11.5 Å². The molecule has 1 heterocycles. The van der Waals surface area contributed by atoms with Gasteiger partial charge in [-0.2, -0.15) is 5.10 Å². The van der Waals surface area contributed by atoms with Gasteiger partial charge >= 0.3 is 11.7 Å². The summed E-state index contributed by atoms with van der Waals surface area (Å²) in [4.78, 5) is 33.0. The maximum Gasteiger partial charge on any atom is 0.323 e. The molecule has 1 aliphatic heterocycles. The van der Waals surface area contributed by atoms with Crippen molar-refractivity contribution in [2.45, 2.75) is 11.7 Å². The molecule has 1 aromatic rings. The summed E-state index contributed by atoms with van der Waals surface area (Å²) in [6, 6.07) is 2.87. The van der Waals surface area contributed by atoms with Gasteiger partial charge in [-0.15, -0.1) is 5.10 Å². The number of nitrogens with one attached hydrogen (secondary N) is 1. The summed E-state index contributed by atoms with van der Waals surface area (Å²) < 4.78 is 10.1. The summed E-state index contributed by atoms with van der Waals surface area (Å²) >= 11 is 0.915. The second-order valence-corrected chi connectivity index (χ2v) is 6.02. The van der Waals surface area contributed by atoms with E-state index in [9.17, 15) is 19.7 Å². The zero-order valence-corrected chi connectivity index (χ0v) is 14.5. The van der Waals surface area contributed by atoms with Crippen LogP contribution in [0, 0.1) is 10.1 Å². The first kappa shape index (κ1) is 19.2. The Labute approximate surface area is 151 Å². The van der Waals surface area contributed by atoms with Crippen molar-refractivity contribution in [3.05, 3.63) is 27.8 Å². The van der Waals surface area contributed by atoms with Gasteiger partial charge in [0, 0.05) is 0 Å². The summed E-state index contributed by atoms with van der Waals surface area (Å²) in [5, 5.41) is 29.3. The van der Waals surface area contributed by atoms with E-state index in [1.165, 1.54) is 26.4 Å². The molecule has 1 aromatic carbocycles. The summed E-state index contributed by atoms with van der Waals surface area (Å²) in [5.41, 5.74) is -0.305. The van der Waals surface area contributed by atoms with E-state index in [1.54, 1.807) is 0 Å². The normalized spacial score (nSPS) is 18.2. The van der Waals surface area contributed by atoms with Crippen molar-refractivity contribution in [3.63, 3.8) is 0 Å². The fourth-order valence-corrected chi connectivity index (χ4v) is 3.02. The molecule has 138 valence electrons. The lowest BCUT2D eigenvalue weighted by Gasteiger charge is -2.08. The van der Waals surface area contributed by atoms with Gasteiger partial charge in [0.15, 0.2) is 10.9 Å². The van der Waals surface area contributed by atoms with Crippen molar-refractivity contribution in [1.29, 1.82) is 0 Å². The molecular weight excluding hydrogens is 368 g/mol. The van der Waals surface area contributed by atoms with E-state index in [0.717, 1.165) is 18.0 Å². The summed E-state index contributed by atoms with van der Waals surface area (Å²) in [5.74, 6) is -1.39. The lowest BCUT2D eigenvalue weighted by molar-refractivity contribution is -0.385. The lowest BCUT2D eigenvalue weighted by Crippen LogP contribution is -2.26. The van der Waals surface area contributed by atoms with Gasteiger partial charge in [-0.3, -0.25) is 19.7 Å². The first-order chi connectivity index (χ1) is 12.4. The molecule has 0 aromatic heterocycles. The fourth-order valence-electron chi connectivity index (χ4n) is 2.11. The number of nitro groups is 1. The van der Waals surface area contributed by atoms with E-state index in [0.29, 0.717) is 0 Å². The molecule has 1 fully saturated rings. The molecule has 0 aliphatic carbocycles. The predicted molar refractivity (Wildman–Crippen MR) is 93.0 cm³/mol. The summed E-state index contributed by atoms with van der Waals surface area (Å²) in [6.07, 6.45) is 0.748. The Morgan fingerprint density at radius 2 is 2.08 bits per heavy atom. The van der Waals surface area contributed by atoms with Crippen molar-refractivity contribution >= 4 is 40.7 Å². The Balaban J connectivity index is 2.29. The molecule has 1 saturated heterocycles. The van der Waals surface area contributed by atoms with Crippen LogP contribution in [0.2, 0.25) is 0 Å². The second-order valence-electron chi connectivity index (χ2n) is 4.83. The first-order valence-electron chi connectivity index (χ1n) is 7.07. The van der Waals surface area contributed by atoms with Crippen LogP contribution in [0.1, 0.15) is 12.0 Å². The lowest BCUT2D eigenvalue weighted by atomic mass is 10.1. The second kappa shape index (κ2) is 8.29. The van der Waals surface area contributed by atoms with Crippen LogP contribution in [0.4, 0.5) is 5.69 Å². The van der Waals surface area contributed by atoms with Crippen LogP contribution in [-0.2, 0) is 9.59 Å². The molecule has 0 saturated carbocycles. The highest BCUT2D eigenvalue weighted by atomic mass is 32.2. The Morgan fingerprint density at radius 1 is 1.42 bits per heavy atom. The van der Waals surface area contributed by atoms with E-state index in [2.05, 4.69) is 15.5 Å². The number of hydrogen-bond acceptors (Lipinski definition) is 9. The molecule has 1 atom stereocenters. The van der Waals surface area contributed by atoms with Gasteiger partial charge in [-0.1, -0.05) is 11.8 Å². The largest absolute Gasteiger partial charge is 0.496 e. The number of thioether (sulfide) groups is 1. The number of nitro benzene ring substituents is 1. The van der Waals surface area contributed by atoms with E-state index in [1.807, 2.05) is 0 Å². The first-order valence-corrected chi connectivity index (χ1v) is 7.95. The number of carboxylic acid groups (broad SMARTS) is 1. The summed E-state index contributed by atoms with van der Waals surface area (Å²) in [7, 11) is 2.64. The summed E-state index contributed by atoms with van der Waals surface area (Å²) in [6.45, 7) is 0. The zero-order chi connectivity index (χ0) is 19.3. The molecule has 11 nitrogen and oxygen atoms in total. The van der Waals surface area contributed by atoms with Crippen LogP contribution < -0.4 is 14.8 Å². The third-order valence-electron chi connectivity index (χ3n) is 3.23. The Morgan fingerprint density at radius 3 is 2.65 bits per heavy atom. The Kier molecular flexibility index (Phi) is 6.11. The predicted octanol–water partition coefficient (Wildman–Crippen LogP) is 1.01. The van der Waals surface area contributed by atoms with Gasteiger partial charge in [0.25, 0.3) is 0 Å². The third kappa shape index (κ3) is 4.27. The highest BCUT2D eigenvalue weighted by Crippen LogP contribution is 2.35.